The van der Waals surface area contributed by atoms with Crippen LogP contribution in [-0.4, -0.2) is 17.2 Å². The van der Waals surface area contributed by atoms with Crippen molar-refractivity contribution in [1.29, 1.82) is 0 Å². The van der Waals surface area contributed by atoms with Crippen LogP contribution in [0.3, 0.4) is 0 Å². The lowest BCUT2D eigenvalue weighted by molar-refractivity contribution is -0.137. The van der Waals surface area contributed by atoms with E-state index in [0.29, 0.717) is 12.1 Å². The zero-order valence-electron chi connectivity index (χ0n) is 9.61. The summed E-state index contributed by atoms with van der Waals surface area (Å²) in [5, 5.41) is 0. The van der Waals surface area contributed by atoms with Crippen LogP contribution in [0.15, 0.2) is 23.1 Å². The maximum absolute atomic E-state index is 12.5. The second kappa shape index (κ2) is 6.26. The summed E-state index contributed by atoms with van der Waals surface area (Å²) in [5.74, 6) is -0.993. The minimum absolute atomic E-state index is 0.133. The van der Waals surface area contributed by atoms with Crippen LogP contribution >= 0.6 is 23.4 Å². The Morgan fingerprint density at radius 3 is 2.20 bits per heavy atom. The Kier molecular flexibility index (Phi) is 5.37. The van der Waals surface area contributed by atoms with Crippen LogP contribution in [0.25, 0.3) is 0 Å². The van der Waals surface area contributed by atoms with Crippen molar-refractivity contribution in [2.45, 2.75) is 23.0 Å². The summed E-state index contributed by atoms with van der Waals surface area (Å²) < 4.78 is 74.5. The first kappa shape index (κ1) is 17.2. The highest BCUT2D eigenvalue weighted by molar-refractivity contribution is 8.00. The molecule has 0 bridgehead atoms. The van der Waals surface area contributed by atoms with Gasteiger partial charge in [0.25, 0.3) is 0 Å². The zero-order valence-corrected chi connectivity index (χ0v) is 11.2. The molecule has 0 heterocycles. The highest BCUT2D eigenvalue weighted by Gasteiger charge is 2.34. The van der Waals surface area contributed by atoms with Crippen LogP contribution in [0, 0.1) is 0 Å². The van der Waals surface area contributed by atoms with Gasteiger partial charge >= 0.3 is 11.7 Å². The molecule has 1 rings (SSSR count). The Morgan fingerprint density at radius 1 is 1.15 bits per heavy atom. The molecular weight excluding hydrogens is 330 g/mol. The fourth-order valence-electron chi connectivity index (χ4n) is 1.36. The van der Waals surface area contributed by atoms with E-state index in [1.807, 2.05) is 0 Å². The minimum atomic E-state index is -4.75. The Bertz CT molecular complexity index is 497. The molecule has 0 spiro atoms. The molecule has 0 N–H and O–H groups in total. The first-order valence-corrected chi connectivity index (χ1v) is 6.41. The third-order valence-corrected chi connectivity index (χ3v) is 3.29. The SMILES string of the molecule is O=C(CCl)Cc1ccc(C(F)(F)F)cc1SC(F)(F)F. The van der Waals surface area contributed by atoms with Crippen molar-refractivity contribution in [3.63, 3.8) is 0 Å². The standard InChI is InChI=1S/C11H7ClF6OS/c12-5-8(19)3-6-1-2-7(10(13,14)15)4-9(6)20-11(16,17)18/h1-2,4H,3,5H2. The summed E-state index contributed by atoms with van der Waals surface area (Å²) in [7, 11) is 0. The molecule has 1 nitrogen and oxygen atoms in total. The molecule has 1 aromatic carbocycles. The first-order valence-electron chi connectivity index (χ1n) is 5.06. The lowest BCUT2D eigenvalue weighted by Gasteiger charge is -2.14. The van der Waals surface area contributed by atoms with Crippen molar-refractivity contribution >= 4 is 29.1 Å². The number of carbonyl (C=O) groups is 1. The van der Waals surface area contributed by atoms with E-state index in [1.165, 1.54) is 0 Å². The molecular formula is C11H7ClF6OS. The lowest BCUT2D eigenvalue weighted by atomic mass is 10.1. The van der Waals surface area contributed by atoms with Gasteiger partial charge in [0, 0.05) is 11.3 Å². The summed E-state index contributed by atoms with van der Waals surface area (Å²) in [6, 6.07) is 1.88. The maximum atomic E-state index is 12.5. The Hall–Kier alpha value is -0.890. The minimum Gasteiger partial charge on any atom is -0.298 e. The van der Waals surface area contributed by atoms with Crippen LogP contribution in [0.5, 0.6) is 0 Å². The van der Waals surface area contributed by atoms with E-state index in [-0.39, 0.29) is 5.56 Å². The molecule has 0 saturated carbocycles. The van der Waals surface area contributed by atoms with Crippen LogP contribution < -0.4 is 0 Å². The topological polar surface area (TPSA) is 17.1 Å². The van der Waals surface area contributed by atoms with Gasteiger partial charge < -0.3 is 0 Å². The van der Waals surface area contributed by atoms with E-state index in [9.17, 15) is 31.1 Å². The average Bonchev–Trinajstić information content (AvgIpc) is 2.27. The molecule has 0 atom stereocenters. The number of alkyl halides is 7. The highest BCUT2D eigenvalue weighted by atomic mass is 35.5. The normalized spacial score (nSPS) is 12.6. The smallest absolute Gasteiger partial charge is 0.298 e. The van der Waals surface area contributed by atoms with Crippen molar-refractivity contribution in [2.24, 2.45) is 0 Å². The van der Waals surface area contributed by atoms with Crippen molar-refractivity contribution in [3.8, 4) is 0 Å². The summed E-state index contributed by atoms with van der Waals surface area (Å²) >= 11 is 4.55. The average molecular weight is 337 g/mol. The molecule has 0 saturated heterocycles. The monoisotopic (exact) mass is 336 g/mol. The molecule has 0 aliphatic heterocycles. The van der Waals surface area contributed by atoms with E-state index >= 15 is 0 Å². The maximum Gasteiger partial charge on any atom is 0.446 e. The molecule has 0 aliphatic rings. The number of hydrogen-bond donors (Lipinski definition) is 0. The molecule has 20 heavy (non-hydrogen) atoms. The number of Topliss-reactive ketones (excluding diaryl/α,β-unsaturated/α-hetero) is 1. The molecule has 0 radical (unpaired) electrons. The molecule has 112 valence electrons. The fourth-order valence-corrected chi connectivity index (χ4v) is 2.16. The van der Waals surface area contributed by atoms with Gasteiger partial charge in [0.05, 0.1) is 11.4 Å². The highest BCUT2D eigenvalue weighted by Crippen LogP contribution is 2.41. The van der Waals surface area contributed by atoms with Crippen molar-refractivity contribution in [2.75, 3.05) is 5.88 Å². The molecule has 0 amide bonds. The Balaban J connectivity index is 3.20. The van der Waals surface area contributed by atoms with Crippen LogP contribution in [-0.2, 0) is 17.4 Å². The first-order chi connectivity index (χ1) is 9.03. The molecule has 0 unspecified atom stereocenters. The summed E-state index contributed by atoms with van der Waals surface area (Å²) in [5.41, 5.74) is -6.08. The second-order valence-electron chi connectivity index (χ2n) is 3.72. The number of benzene rings is 1. The van der Waals surface area contributed by atoms with Crippen LogP contribution in [0.2, 0.25) is 0 Å². The van der Waals surface area contributed by atoms with Gasteiger partial charge in [-0.2, -0.15) is 26.3 Å². The van der Waals surface area contributed by atoms with Gasteiger partial charge in [-0.05, 0) is 29.5 Å². The lowest BCUT2D eigenvalue weighted by Crippen LogP contribution is -2.10. The van der Waals surface area contributed by atoms with Gasteiger partial charge in [-0.1, -0.05) is 6.07 Å². The van der Waals surface area contributed by atoms with Gasteiger partial charge in [-0.15, -0.1) is 11.6 Å². The van der Waals surface area contributed by atoms with Gasteiger partial charge in [0.2, 0.25) is 0 Å². The fraction of sp³-hybridized carbons (Fsp3) is 0.364. The largest absolute Gasteiger partial charge is 0.446 e. The van der Waals surface area contributed by atoms with Gasteiger partial charge in [0.15, 0.2) is 5.78 Å². The molecule has 0 fully saturated rings. The number of thioether (sulfide) groups is 1. The quantitative estimate of drug-likeness (QED) is 0.451. The Labute approximate surface area is 119 Å². The predicted octanol–water partition coefficient (Wildman–Crippen LogP) is 4.67. The number of rotatable bonds is 4. The van der Waals surface area contributed by atoms with Gasteiger partial charge in [-0.3, -0.25) is 4.79 Å². The van der Waals surface area contributed by atoms with E-state index in [4.69, 9.17) is 11.6 Å². The molecule has 0 aromatic heterocycles. The number of hydrogen-bond acceptors (Lipinski definition) is 2. The number of ketones is 1. The number of carbonyl (C=O) groups excluding carboxylic acids is 1. The van der Waals surface area contributed by atoms with E-state index in [1.54, 1.807) is 0 Å². The van der Waals surface area contributed by atoms with E-state index < -0.39 is 52.0 Å². The molecule has 9 heteroatoms. The number of halogens is 7. The van der Waals surface area contributed by atoms with E-state index in [0.717, 1.165) is 6.07 Å². The third-order valence-electron chi connectivity index (χ3n) is 2.16. The van der Waals surface area contributed by atoms with Crippen molar-refractivity contribution < 1.29 is 31.1 Å². The summed E-state index contributed by atoms with van der Waals surface area (Å²) in [4.78, 5) is 10.5. The summed E-state index contributed by atoms with van der Waals surface area (Å²) in [6.45, 7) is 0. The molecule has 1 aromatic rings. The van der Waals surface area contributed by atoms with Crippen molar-refractivity contribution in [3.05, 3.63) is 29.3 Å². The molecule has 0 aliphatic carbocycles. The summed E-state index contributed by atoms with van der Waals surface area (Å²) in [6.07, 6.45) is -5.20. The second-order valence-corrected chi connectivity index (χ2v) is 5.09. The van der Waals surface area contributed by atoms with Gasteiger partial charge in [0.1, 0.15) is 0 Å². The van der Waals surface area contributed by atoms with E-state index in [2.05, 4.69) is 0 Å². The zero-order chi connectivity index (χ0) is 15.6. The van der Waals surface area contributed by atoms with Crippen LogP contribution in [0.4, 0.5) is 26.3 Å². The Morgan fingerprint density at radius 2 is 1.75 bits per heavy atom. The predicted molar refractivity (Wildman–Crippen MR) is 62.8 cm³/mol. The van der Waals surface area contributed by atoms with Crippen LogP contribution in [0.1, 0.15) is 11.1 Å². The van der Waals surface area contributed by atoms with Gasteiger partial charge in [-0.25, -0.2) is 0 Å². The third kappa shape index (κ3) is 5.24. The van der Waals surface area contributed by atoms with Crippen molar-refractivity contribution in [1.82, 2.24) is 0 Å².